The average Bonchev–Trinajstić information content (AvgIpc) is 3.18. The van der Waals surface area contributed by atoms with Crippen LogP contribution in [0.4, 0.5) is 0 Å². The Morgan fingerprint density at radius 2 is 2.24 bits per heavy atom. The van der Waals surface area contributed by atoms with E-state index in [0.717, 1.165) is 37.0 Å². The lowest BCUT2D eigenvalue weighted by atomic mass is 9.78. The fourth-order valence-corrected chi connectivity index (χ4v) is 3.89. The van der Waals surface area contributed by atoms with E-state index < -0.39 is 0 Å². The van der Waals surface area contributed by atoms with Gasteiger partial charge in [0.1, 0.15) is 0 Å². The van der Waals surface area contributed by atoms with Gasteiger partial charge in [-0.05, 0) is 36.8 Å². The zero-order valence-electron chi connectivity index (χ0n) is 12.1. The van der Waals surface area contributed by atoms with Crippen molar-refractivity contribution in [1.29, 1.82) is 0 Å². The van der Waals surface area contributed by atoms with Crippen LogP contribution in [0.3, 0.4) is 0 Å². The molecule has 3 heterocycles. The summed E-state index contributed by atoms with van der Waals surface area (Å²) >= 11 is 0. The standard InChI is InChI=1S/C16H21N3O2/c17-14-4-1-3-11-8-19(10-13(11)14)9-12-7-16(21-18-12)15-5-2-6-20-15/h2,5-7,11,13-14H,1,3-4,8-10,17H2. The van der Waals surface area contributed by atoms with E-state index in [1.807, 2.05) is 18.2 Å². The molecule has 1 saturated carbocycles. The third-order valence-electron chi connectivity index (χ3n) is 4.94. The highest BCUT2D eigenvalue weighted by Gasteiger charge is 2.38. The number of aromatic nitrogens is 1. The Bertz CT molecular complexity index is 592. The first-order valence-electron chi connectivity index (χ1n) is 7.77. The molecule has 0 radical (unpaired) electrons. The second-order valence-electron chi connectivity index (χ2n) is 6.37. The number of fused-ring (bicyclic) bond motifs is 1. The van der Waals surface area contributed by atoms with Gasteiger partial charge in [-0.1, -0.05) is 11.6 Å². The van der Waals surface area contributed by atoms with E-state index in [1.54, 1.807) is 6.26 Å². The molecule has 2 aliphatic rings. The van der Waals surface area contributed by atoms with E-state index in [1.165, 1.54) is 19.3 Å². The number of hydrogen-bond acceptors (Lipinski definition) is 5. The highest BCUT2D eigenvalue weighted by Crippen LogP contribution is 2.36. The molecule has 4 rings (SSSR count). The predicted molar refractivity (Wildman–Crippen MR) is 78.3 cm³/mol. The number of nitrogens with two attached hydrogens (primary N) is 1. The summed E-state index contributed by atoms with van der Waals surface area (Å²) in [6.07, 6.45) is 5.43. The quantitative estimate of drug-likeness (QED) is 0.939. The smallest absolute Gasteiger partial charge is 0.202 e. The van der Waals surface area contributed by atoms with Gasteiger partial charge in [0.2, 0.25) is 5.76 Å². The SMILES string of the molecule is NC1CCCC2CN(Cc3cc(-c4ccco4)on3)CC12. The molecule has 1 aliphatic heterocycles. The Labute approximate surface area is 124 Å². The van der Waals surface area contributed by atoms with Crippen molar-refractivity contribution >= 4 is 0 Å². The summed E-state index contributed by atoms with van der Waals surface area (Å²) in [7, 11) is 0. The number of likely N-dealkylation sites (tertiary alicyclic amines) is 1. The fourth-order valence-electron chi connectivity index (χ4n) is 3.89. The number of hydrogen-bond donors (Lipinski definition) is 1. The normalized spacial score (nSPS) is 29.7. The maximum atomic E-state index is 6.27. The van der Waals surface area contributed by atoms with E-state index in [0.29, 0.717) is 17.7 Å². The number of furan rings is 1. The van der Waals surface area contributed by atoms with Crippen LogP contribution >= 0.6 is 0 Å². The zero-order valence-corrected chi connectivity index (χ0v) is 12.1. The zero-order chi connectivity index (χ0) is 14.2. The van der Waals surface area contributed by atoms with Crippen molar-refractivity contribution in [3.63, 3.8) is 0 Å². The molecule has 5 nitrogen and oxygen atoms in total. The topological polar surface area (TPSA) is 68.4 Å². The predicted octanol–water partition coefficient (Wildman–Crippen LogP) is 2.49. The lowest BCUT2D eigenvalue weighted by molar-refractivity contribution is 0.259. The van der Waals surface area contributed by atoms with Crippen LogP contribution in [0, 0.1) is 11.8 Å². The maximum Gasteiger partial charge on any atom is 0.202 e. The summed E-state index contributed by atoms with van der Waals surface area (Å²) in [5, 5.41) is 4.16. The van der Waals surface area contributed by atoms with Crippen LogP contribution in [0.25, 0.3) is 11.5 Å². The van der Waals surface area contributed by atoms with Crippen molar-refractivity contribution < 1.29 is 8.94 Å². The van der Waals surface area contributed by atoms with Gasteiger partial charge in [-0.2, -0.15) is 0 Å². The molecule has 0 bridgehead atoms. The van der Waals surface area contributed by atoms with Gasteiger partial charge in [-0.3, -0.25) is 4.90 Å². The molecule has 2 N–H and O–H groups in total. The molecule has 3 atom stereocenters. The van der Waals surface area contributed by atoms with Gasteiger partial charge in [0.15, 0.2) is 5.76 Å². The molecule has 1 saturated heterocycles. The first-order chi connectivity index (χ1) is 10.3. The minimum atomic E-state index is 0.379. The maximum absolute atomic E-state index is 6.27. The molecule has 3 unspecified atom stereocenters. The Balaban J connectivity index is 1.43. The molecule has 0 amide bonds. The third-order valence-corrected chi connectivity index (χ3v) is 4.94. The molecular weight excluding hydrogens is 266 g/mol. The lowest BCUT2D eigenvalue weighted by Gasteiger charge is -2.29. The van der Waals surface area contributed by atoms with Crippen molar-refractivity contribution in [1.82, 2.24) is 10.1 Å². The highest BCUT2D eigenvalue weighted by atomic mass is 16.5. The average molecular weight is 287 g/mol. The van der Waals surface area contributed by atoms with Crippen LogP contribution in [0.15, 0.2) is 33.4 Å². The van der Waals surface area contributed by atoms with Gasteiger partial charge in [-0.25, -0.2) is 0 Å². The van der Waals surface area contributed by atoms with Crippen LogP contribution in [0.2, 0.25) is 0 Å². The summed E-state index contributed by atoms with van der Waals surface area (Å²) in [6.45, 7) is 3.07. The first kappa shape index (κ1) is 13.1. The summed E-state index contributed by atoms with van der Waals surface area (Å²) in [5.74, 6) is 2.86. The molecule has 0 aromatic carbocycles. The molecule has 2 aromatic heterocycles. The van der Waals surface area contributed by atoms with Gasteiger partial charge in [0.25, 0.3) is 0 Å². The van der Waals surface area contributed by atoms with Crippen LogP contribution < -0.4 is 5.73 Å². The van der Waals surface area contributed by atoms with Crippen LogP contribution in [0.5, 0.6) is 0 Å². The minimum Gasteiger partial charge on any atom is -0.461 e. The second kappa shape index (κ2) is 5.31. The van der Waals surface area contributed by atoms with Gasteiger partial charge in [-0.15, -0.1) is 0 Å². The highest BCUT2D eigenvalue weighted by molar-refractivity contribution is 5.49. The summed E-state index contributed by atoms with van der Waals surface area (Å²) in [5.41, 5.74) is 7.24. The largest absolute Gasteiger partial charge is 0.461 e. The summed E-state index contributed by atoms with van der Waals surface area (Å²) in [6, 6.07) is 6.09. The van der Waals surface area contributed by atoms with Gasteiger partial charge in [0.05, 0.1) is 12.0 Å². The summed E-state index contributed by atoms with van der Waals surface area (Å²) < 4.78 is 10.7. The minimum absolute atomic E-state index is 0.379. The molecule has 2 fully saturated rings. The van der Waals surface area contributed by atoms with Crippen molar-refractivity contribution in [2.45, 2.75) is 31.8 Å². The van der Waals surface area contributed by atoms with E-state index in [2.05, 4.69) is 10.1 Å². The van der Waals surface area contributed by atoms with Crippen LogP contribution in [0.1, 0.15) is 25.0 Å². The van der Waals surface area contributed by atoms with Crippen molar-refractivity contribution in [2.75, 3.05) is 13.1 Å². The van der Waals surface area contributed by atoms with E-state index in [9.17, 15) is 0 Å². The van der Waals surface area contributed by atoms with Gasteiger partial charge in [0, 0.05) is 31.7 Å². The number of nitrogens with zero attached hydrogens (tertiary/aromatic N) is 2. The monoisotopic (exact) mass is 287 g/mol. The van der Waals surface area contributed by atoms with Crippen molar-refractivity contribution in [3.8, 4) is 11.5 Å². The third kappa shape index (κ3) is 2.51. The Hall–Kier alpha value is -1.59. The first-order valence-corrected chi connectivity index (χ1v) is 7.77. The molecule has 2 aromatic rings. The molecule has 112 valence electrons. The Kier molecular flexibility index (Phi) is 3.31. The van der Waals surface area contributed by atoms with Crippen molar-refractivity contribution in [2.24, 2.45) is 17.6 Å². The molecular formula is C16H21N3O2. The van der Waals surface area contributed by atoms with Gasteiger partial charge < -0.3 is 14.7 Å². The van der Waals surface area contributed by atoms with Crippen molar-refractivity contribution in [3.05, 3.63) is 30.2 Å². The number of rotatable bonds is 3. The van der Waals surface area contributed by atoms with E-state index >= 15 is 0 Å². The molecule has 1 aliphatic carbocycles. The Morgan fingerprint density at radius 1 is 1.29 bits per heavy atom. The molecule has 5 heteroatoms. The van der Waals surface area contributed by atoms with E-state index in [4.69, 9.17) is 14.7 Å². The summed E-state index contributed by atoms with van der Waals surface area (Å²) in [4.78, 5) is 2.46. The van der Waals surface area contributed by atoms with Crippen LogP contribution in [-0.2, 0) is 6.54 Å². The molecule has 0 spiro atoms. The Morgan fingerprint density at radius 3 is 3.05 bits per heavy atom. The van der Waals surface area contributed by atoms with Crippen LogP contribution in [-0.4, -0.2) is 29.2 Å². The lowest BCUT2D eigenvalue weighted by Crippen LogP contribution is -2.38. The second-order valence-corrected chi connectivity index (χ2v) is 6.37. The molecule has 21 heavy (non-hydrogen) atoms. The van der Waals surface area contributed by atoms with E-state index in [-0.39, 0.29) is 0 Å². The fraction of sp³-hybridized carbons (Fsp3) is 0.562. The van der Waals surface area contributed by atoms with Gasteiger partial charge >= 0.3 is 0 Å².